The Bertz CT molecular complexity index is 1440. The number of nitrogen functional groups attached to an aromatic ring is 1. The highest BCUT2D eigenvalue weighted by molar-refractivity contribution is 7.13. The van der Waals surface area contributed by atoms with Crippen molar-refractivity contribution in [2.24, 2.45) is 0 Å². The van der Waals surface area contributed by atoms with Gasteiger partial charge in [-0.3, -0.25) is 0 Å². The van der Waals surface area contributed by atoms with Gasteiger partial charge in [0.1, 0.15) is 17.8 Å². The summed E-state index contributed by atoms with van der Waals surface area (Å²) in [6.07, 6.45) is 2.40. The molecular weight excluding hydrogens is 432 g/mol. The van der Waals surface area contributed by atoms with Crippen LogP contribution in [0.3, 0.4) is 0 Å². The highest BCUT2D eigenvalue weighted by Gasteiger charge is 2.32. The van der Waals surface area contributed by atoms with E-state index in [0.29, 0.717) is 40.4 Å². The molecule has 1 aliphatic rings. The van der Waals surface area contributed by atoms with Crippen molar-refractivity contribution >= 4 is 50.7 Å². The molecule has 154 valence electrons. The number of nitrogens with zero attached hydrogens (tertiary/aromatic N) is 5. The van der Waals surface area contributed by atoms with Crippen LogP contribution in [-0.2, 0) is 0 Å². The van der Waals surface area contributed by atoms with E-state index in [1.807, 2.05) is 40.4 Å². The first-order valence-electron chi connectivity index (χ1n) is 9.90. The van der Waals surface area contributed by atoms with Gasteiger partial charge in [-0.2, -0.15) is 5.10 Å². The maximum absolute atomic E-state index is 9.77. The second kappa shape index (κ2) is 6.98. The average molecular weight is 449 g/mol. The molecule has 1 saturated carbocycles. The Hall–Kier alpha value is -3.07. The van der Waals surface area contributed by atoms with Crippen molar-refractivity contribution < 1.29 is 5.11 Å². The number of thiophene rings is 1. The van der Waals surface area contributed by atoms with Crippen LogP contribution in [0.2, 0.25) is 5.02 Å². The number of pyridine rings is 1. The first kappa shape index (κ1) is 18.7. The molecule has 0 bridgehead atoms. The Balaban J connectivity index is 1.56. The van der Waals surface area contributed by atoms with Gasteiger partial charge >= 0.3 is 0 Å². The van der Waals surface area contributed by atoms with Gasteiger partial charge in [0.05, 0.1) is 38.6 Å². The average Bonchev–Trinajstić information content (AvgIpc) is 3.40. The lowest BCUT2D eigenvalue weighted by molar-refractivity contribution is 0.0452. The smallest absolute Gasteiger partial charge is 0.164 e. The van der Waals surface area contributed by atoms with E-state index in [1.165, 1.54) is 6.33 Å². The molecule has 0 spiro atoms. The zero-order valence-electron chi connectivity index (χ0n) is 16.2. The summed E-state index contributed by atoms with van der Waals surface area (Å²) in [5, 5.41) is 18.8. The minimum atomic E-state index is -0.309. The molecular formula is C22H17ClN6OS. The zero-order valence-corrected chi connectivity index (χ0v) is 17.8. The molecule has 5 aromatic rings. The van der Waals surface area contributed by atoms with E-state index in [-0.39, 0.29) is 12.1 Å². The maximum Gasteiger partial charge on any atom is 0.164 e. The summed E-state index contributed by atoms with van der Waals surface area (Å²) < 4.78 is 1.84. The van der Waals surface area contributed by atoms with Crippen molar-refractivity contribution in [2.75, 3.05) is 5.73 Å². The van der Waals surface area contributed by atoms with E-state index in [9.17, 15) is 5.11 Å². The standard InChI is InChI=1S/C22H17ClN6OS/c23-15-6-11-3-4-16(18-2-1-5-31-18)27-17(11)9-14(15)20-19-21(24)25-10-26-22(19)29(28-20)12-7-13(30)8-12/h1-6,9-10,12-13,30H,7-8H2,(H2,24,25,26). The third kappa shape index (κ3) is 2.98. The first-order valence-corrected chi connectivity index (χ1v) is 11.2. The van der Waals surface area contributed by atoms with Gasteiger partial charge in [0.25, 0.3) is 0 Å². The van der Waals surface area contributed by atoms with Gasteiger partial charge in [0.15, 0.2) is 5.65 Å². The molecule has 0 radical (unpaired) electrons. The monoisotopic (exact) mass is 448 g/mol. The van der Waals surface area contributed by atoms with E-state index in [1.54, 1.807) is 11.3 Å². The minimum Gasteiger partial charge on any atom is -0.393 e. The van der Waals surface area contributed by atoms with E-state index < -0.39 is 0 Å². The van der Waals surface area contributed by atoms with E-state index in [4.69, 9.17) is 27.4 Å². The fourth-order valence-corrected chi connectivity index (χ4v) is 5.04. The van der Waals surface area contributed by atoms with Crippen LogP contribution in [-0.4, -0.2) is 35.9 Å². The summed E-state index contributed by atoms with van der Waals surface area (Å²) in [5.74, 6) is 0.350. The molecule has 9 heteroatoms. The molecule has 0 unspecified atom stereocenters. The predicted molar refractivity (Wildman–Crippen MR) is 123 cm³/mol. The number of hydrogen-bond acceptors (Lipinski definition) is 7. The Morgan fingerprint density at radius 1 is 1.16 bits per heavy atom. The normalized spacial score (nSPS) is 18.5. The molecule has 1 aromatic carbocycles. The molecule has 7 nitrogen and oxygen atoms in total. The summed E-state index contributed by atoms with van der Waals surface area (Å²) in [4.78, 5) is 14.6. The topological polar surface area (TPSA) is 103 Å². The van der Waals surface area contributed by atoms with E-state index >= 15 is 0 Å². The molecule has 3 N–H and O–H groups in total. The lowest BCUT2D eigenvalue weighted by Gasteiger charge is -2.31. The van der Waals surface area contributed by atoms with Gasteiger partial charge in [0, 0.05) is 10.9 Å². The first-order chi connectivity index (χ1) is 15.1. The third-order valence-electron chi connectivity index (χ3n) is 5.76. The van der Waals surface area contributed by atoms with Crippen molar-refractivity contribution in [1.29, 1.82) is 0 Å². The summed E-state index contributed by atoms with van der Waals surface area (Å²) in [6.45, 7) is 0. The Morgan fingerprint density at radius 3 is 2.81 bits per heavy atom. The summed E-state index contributed by atoms with van der Waals surface area (Å²) in [7, 11) is 0. The number of hydrogen-bond donors (Lipinski definition) is 2. The molecule has 1 aliphatic carbocycles. The van der Waals surface area contributed by atoms with Crippen molar-refractivity contribution in [3.8, 4) is 21.8 Å². The van der Waals surface area contributed by atoms with Crippen molar-refractivity contribution in [1.82, 2.24) is 24.7 Å². The minimum absolute atomic E-state index is 0.0725. The molecule has 0 saturated heterocycles. The van der Waals surface area contributed by atoms with Gasteiger partial charge in [-0.25, -0.2) is 19.6 Å². The van der Waals surface area contributed by atoms with Crippen molar-refractivity contribution in [3.63, 3.8) is 0 Å². The number of aliphatic hydroxyl groups excluding tert-OH is 1. The van der Waals surface area contributed by atoms with Crippen LogP contribution >= 0.6 is 22.9 Å². The van der Waals surface area contributed by atoms with Crippen LogP contribution in [0, 0.1) is 0 Å². The van der Waals surface area contributed by atoms with Gasteiger partial charge in [-0.15, -0.1) is 11.3 Å². The maximum atomic E-state index is 9.77. The predicted octanol–water partition coefficient (Wildman–Crippen LogP) is 4.70. The van der Waals surface area contributed by atoms with E-state index in [2.05, 4.69) is 16.0 Å². The highest BCUT2D eigenvalue weighted by atomic mass is 35.5. The zero-order chi connectivity index (χ0) is 21.1. The molecule has 6 rings (SSSR count). The SMILES string of the molecule is Nc1ncnc2c1c(-c1cc3nc(-c4cccs4)ccc3cc1Cl)nn2C1CC(O)C1. The number of aliphatic hydroxyl groups is 1. The second-order valence-electron chi connectivity index (χ2n) is 7.73. The van der Waals surface area contributed by atoms with Crippen LogP contribution in [0.25, 0.3) is 43.8 Å². The number of fused-ring (bicyclic) bond motifs is 2. The summed E-state index contributed by atoms with van der Waals surface area (Å²) in [6, 6.07) is 12.0. The molecule has 0 amide bonds. The number of anilines is 1. The van der Waals surface area contributed by atoms with Crippen LogP contribution < -0.4 is 5.73 Å². The molecule has 4 heterocycles. The Labute approximate surface area is 186 Å². The van der Waals surface area contributed by atoms with Crippen molar-refractivity contribution in [2.45, 2.75) is 25.0 Å². The summed E-state index contributed by atoms with van der Waals surface area (Å²) >= 11 is 8.34. The number of aromatic nitrogens is 5. The number of rotatable bonds is 3. The highest BCUT2D eigenvalue weighted by Crippen LogP contribution is 2.40. The number of benzene rings is 1. The van der Waals surface area contributed by atoms with Gasteiger partial charge in [0.2, 0.25) is 0 Å². The van der Waals surface area contributed by atoms with Crippen LogP contribution in [0.15, 0.2) is 48.1 Å². The van der Waals surface area contributed by atoms with Gasteiger partial charge in [-0.05, 0) is 42.5 Å². The second-order valence-corrected chi connectivity index (χ2v) is 9.08. The van der Waals surface area contributed by atoms with Gasteiger partial charge in [-0.1, -0.05) is 23.7 Å². The Morgan fingerprint density at radius 2 is 2.03 bits per heavy atom. The lowest BCUT2D eigenvalue weighted by atomic mass is 9.90. The Kier molecular flexibility index (Phi) is 4.21. The quantitative estimate of drug-likeness (QED) is 0.414. The van der Waals surface area contributed by atoms with Crippen LogP contribution in [0.5, 0.6) is 0 Å². The van der Waals surface area contributed by atoms with Gasteiger partial charge < -0.3 is 10.8 Å². The van der Waals surface area contributed by atoms with Crippen molar-refractivity contribution in [3.05, 3.63) is 53.1 Å². The van der Waals surface area contributed by atoms with Crippen LogP contribution in [0.1, 0.15) is 18.9 Å². The third-order valence-corrected chi connectivity index (χ3v) is 6.96. The summed E-state index contributed by atoms with van der Waals surface area (Å²) in [5.41, 5.74) is 9.98. The largest absolute Gasteiger partial charge is 0.393 e. The van der Waals surface area contributed by atoms with Crippen LogP contribution in [0.4, 0.5) is 5.82 Å². The fourth-order valence-electron chi connectivity index (χ4n) is 4.08. The molecule has 0 aliphatic heterocycles. The van der Waals surface area contributed by atoms with E-state index in [0.717, 1.165) is 27.0 Å². The lowest BCUT2D eigenvalue weighted by Crippen LogP contribution is -2.31. The number of nitrogens with two attached hydrogens (primary N) is 1. The number of halogens is 1. The molecule has 0 atom stereocenters. The molecule has 1 fully saturated rings. The molecule has 31 heavy (non-hydrogen) atoms. The fraction of sp³-hybridized carbons (Fsp3) is 0.182. The molecule has 4 aromatic heterocycles.